The van der Waals surface area contributed by atoms with Crippen molar-refractivity contribution < 1.29 is 18.3 Å². The van der Waals surface area contributed by atoms with E-state index < -0.39 is 17.8 Å². The normalized spacial score (nSPS) is 19.5. The Labute approximate surface area is 157 Å². The molecule has 3 aromatic rings. The summed E-state index contributed by atoms with van der Waals surface area (Å²) in [5.74, 6) is 0.308. The fraction of sp³-hybridized carbons (Fsp3) is 0.316. The Bertz CT molecular complexity index is 1090. The maximum atomic E-state index is 12.8. The summed E-state index contributed by atoms with van der Waals surface area (Å²) in [6.45, 7) is 0. The minimum Gasteiger partial charge on any atom is -0.391 e. The van der Waals surface area contributed by atoms with Crippen LogP contribution in [0.5, 0.6) is 0 Å². The molecular formula is C19H17F3N4O2. The molecule has 2 aromatic heterocycles. The lowest BCUT2D eigenvalue weighted by molar-refractivity contribution is -0.137. The molecule has 1 saturated carbocycles. The smallest absolute Gasteiger partial charge is 0.391 e. The van der Waals surface area contributed by atoms with Crippen molar-refractivity contribution in [1.82, 2.24) is 14.5 Å². The molecule has 0 saturated heterocycles. The van der Waals surface area contributed by atoms with E-state index in [1.807, 2.05) is 0 Å². The number of aliphatic hydroxyl groups is 1. The van der Waals surface area contributed by atoms with Crippen LogP contribution >= 0.6 is 0 Å². The van der Waals surface area contributed by atoms with Crippen LogP contribution in [0.3, 0.4) is 0 Å². The maximum Gasteiger partial charge on any atom is 0.416 e. The molecule has 1 aliphatic rings. The van der Waals surface area contributed by atoms with Crippen molar-refractivity contribution in [1.29, 1.82) is 0 Å². The average Bonchev–Trinajstić information content (AvgIpc) is 2.67. The Kier molecular flexibility index (Phi) is 4.34. The highest BCUT2D eigenvalue weighted by Crippen LogP contribution is 2.34. The van der Waals surface area contributed by atoms with E-state index >= 15 is 0 Å². The Morgan fingerprint density at radius 3 is 2.46 bits per heavy atom. The van der Waals surface area contributed by atoms with Crippen molar-refractivity contribution in [2.45, 2.75) is 31.2 Å². The molecule has 0 unspecified atom stereocenters. The predicted octanol–water partition coefficient (Wildman–Crippen LogP) is 2.95. The number of aromatic nitrogens is 3. The molecule has 9 heteroatoms. The number of hydrogen-bond acceptors (Lipinski definition) is 5. The summed E-state index contributed by atoms with van der Waals surface area (Å²) in [5, 5.41) is 13.1. The molecule has 0 radical (unpaired) electrons. The first kappa shape index (κ1) is 18.4. The van der Waals surface area contributed by atoms with E-state index in [2.05, 4.69) is 15.3 Å². The van der Waals surface area contributed by atoms with E-state index in [1.165, 1.54) is 29.2 Å². The van der Waals surface area contributed by atoms with Gasteiger partial charge in [0, 0.05) is 18.8 Å². The molecule has 6 nitrogen and oxygen atoms in total. The molecule has 0 aliphatic heterocycles. The lowest BCUT2D eigenvalue weighted by Gasteiger charge is -2.33. The number of halogens is 3. The van der Waals surface area contributed by atoms with E-state index in [-0.39, 0.29) is 17.0 Å². The summed E-state index contributed by atoms with van der Waals surface area (Å²) in [6, 6.07) is 4.44. The Morgan fingerprint density at radius 2 is 1.89 bits per heavy atom. The minimum atomic E-state index is -4.43. The molecule has 0 amide bonds. The highest BCUT2D eigenvalue weighted by molar-refractivity contribution is 5.98. The Hall–Kier alpha value is -2.94. The van der Waals surface area contributed by atoms with Crippen LogP contribution in [-0.2, 0) is 13.2 Å². The molecule has 28 heavy (non-hydrogen) atoms. The van der Waals surface area contributed by atoms with Gasteiger partial charge in [-0.05, 0) is 30.5 Å². The number of pyridine rings is 1. The van der Waals surface area contributed by atoms with Gasteiger partial charge in [0.25, 0.3) is 5.56 Å². The van der Waals surface area contributed by atoms with Crippen LogP contribution in [0.2, 0.25) is 0 Å². The first-order chi connectivity index (χ1) is 13.3. The molecule has 1 fully saturated rings. The summed E-state index contributed by atoms with van der Waals surface area (Å²) in [6.07, 6.45) is -0.664. The zero-order chi connectivity index (χ0) is 20.1. The summed E-state index contributed by atoms with van der Waals surface area (Å²) in [5.41, 5.74) is 0.189. The molecule has 2 heterocycles. The third-order valence-corrected chi connectivity index (χ3v) is 5.03. The zero-order valence-electron chi connectivity index (χ0n) is 14.9. The fourth-order valence-electron chi connectivity index (χ4n) is 3.20. The first-order valence-corrected chi connectivity index (χ1v) is 8.72. The number of benzene rings is 1. The second kappa shape index (κ2) is 6.59. The van der Waals surface area contributed by atoms with Crippen LogP contribution in [0.4, 0.5) is 19.0 Å². The van der Waals surface area contributed by atoms with E-state index in [4.69, 9.17) is 0 Å². The summed E-state index contributed by atoms with van der Waals surface area (Å²) >= 11 is 0. The topological polar surface area (TPSA) is 80.0 Å². The molecule has 1 aliphatic carbocycles. The van der Waals surface area contributed by atoms with Crippen molar-refractivity contribution in [3.8, 4) is 11.1 Å². The van der Waals surface area contributed by atoms with E-state index in [9.17, 15) is 23.1 Å². The molecule has 146 valence electrons. The number of rotatable bonds is 3. The maximum absolute atomic E-state index is 12.8. The molecule has 2 N–H and O–H groups in total. The summed E-state index contributed by atoms with van der Waals surface area (Å²) < 4.78 is 39.8. The van der Waals surface area contributed by atoms with Crippen molar-refractivity contribution in [2.75, 3.05) is 5.32 Å². The number of fused-ring (bicyclic) bond motifs is 1. The zero-order valence-corrected chi connectivity index (χ0v) is 14.9. The molecule has 1 aromatic carbocycles. The number of nitrogens with one attached hydrogen (secondary N) is 1. The largest absolute Gasteiger partial charge is 0.416 e. The highest BCUT2D eigenvalue weighted by Gasteiger charge is 2.31. The highest BCUT2D eigenvalue weighted by atomic mass is 19.4. The van der Waals surface area contributed by atoms with Gasteiger partial charge in [0.1, 0.15) is 11.2 Å². The third-order valence-electron chi connectivity index (χ3n) is 5.03. The summed E-state index contributed by atoms with van der Waals surface area (Å²) in [4.78, 5) is 21.4. The molecule has 0 spiro atoms. The number of aliphatic hydroxyl groups excluding tert-OH is 1. The molecule has 0 bridgehead atoms. The van der Waals surface area contributed by atoms with Gasteiger partial charge < -0.3 is 15.0 Å². The van der Waals surface area contributed by atoms with Gasteiger partial charge in [-0.3, -0.25) is 4.79 Å². The van der Waals surface area contributed by atoms with Gasteiger partial charge in [0.05, 0.1) is 29.6 Å². The van der Waals surface area contributed by atoms with Gasteiger partial charge in [0.15, 0.2) is 0 Å². The first-order valence-electron chi connectivity index (χ1n) is 8.72. The second-order valence-electron chi connectivity index (χ2n) is 6.88. The quantitative estimate of drug-likeness (QED) is 0.719. The van der Waals surface area contributed by atoms with E-state index in [1.54, 1.807) is 7.05 Å². The average molecular weight is 390 g/mol. The lowest BCUT2D eigenvalue weighted by Crippen LogP contribution is -2.43. The summed E-state index contributed by atoms with van der Waals surface area (Å²) in [7, 11) is 1.56. The van der Waals surface area contributed by atoms with Crippen molar-refractivity contribution in [2.24, 2.45) is 7.05 Å². The van der Waals surface area contributed by atoms with Gasteiger partial charge >= 0.3 is 6.18 Å². The molecule has 4 rings (SSSR count). The third kappa shape index (κ3) is 3.11. The number of anilines is 1. The van der Waals surface area contributed by atoms with Crippen LogP contribution in [0.15, 0.2) is 41.6 Å². The van der Waals surface area contributed by atoms with Gasteiger partial charge in [-0.15, -0.1) is 0 Å². The molecule has 2 atom stereocenters. The number of aryl methyl sites for hydroxylation is 1. The number of hydrogen-bond donors (Lipinski definition) is 2. The van der Waals surface area contributed by atoms with Gasteiger partial charge in [-0.25, -0.2) is 9.97 Å². The van der Waals surface area contributed by atoms with Crippen molar-refractivity contribution in [3.63, 3.8) is 0 Å². The van der Waals surface area contributed by atoms with Crippen LogP contribution in [-0.4, -0.2) is 31.8 Å². The van der Waals surface area contributed by atoms with E-state index in [0.717, 1.165) is 18.6 Å². The SMILES string of the molecule is Cn1cnc2c(-c3ccc(C(F)(F)F)cc3)cnc(N[C@@H]3CC[C@H]3O)c2c1=O. The van der Waals surface area contributed by atoms with Crippen molar-refractivity contribution in [3.05, 3.63) is 52.7 Å². The minimum absolute atomic E-state index is 0.197. The van der Waals surface area contributed by atoms with Crippen LogP contribution in [0.1, 0.15) is 18.4 Å². The van der Waals surface area contributed by atoms with E-state index in [0.29, 0.717) is 28.9 Å². The standard InChI is InChI=1S/C19H17F3N4O2/c1-26-9-24-16-12(10-2-4-11(5-3-10)19(20,21)22)8-23-17(15(16)18(26)28)25-13-6-7-14(13)27/h2-5,8-9,13-14,27H,6-7H2,1H3,(H,23,25)/t13-,14-/m1/s1. The molecular weight excluding hydrogens is 373 g/mol. The Morgan fingerprint density at radius 1 is 1.18 bits per heavy atom. The van der Waals surface area contributed by atoms with Gasteiger partial charge in [0.2, 0.25) is 0 Å². The van der Waals surface area contributed by atoms with Crippen LogP contribution < -0.4 is 10.9 Å². The number of nitrogens with zero attached hydrogens (tertiary/aromatic N) is 3. The predicted molar refractivity (Wildman–Crippen MR) is 97.9 cm³/mol. The Balaban J connectivity index is 1.84. The lowest BCUT2D eigenvalue weighted by atomic mass is 9.89. The number of alkyl halides is 3. The fourth-order valence-corrected chi connectivity index (χ4v) is 3.20. The van der Waals surface area contributed by atoms with Crippen LogP contribution in [0, 0.1) is 0 Å². The van der Waals surface area contributed by atoms with Gasteiger partial charge in [-0.1, -0.05) is 12.1 Å². The van der Waals surface area contributed by atoms with Gasteiger partial charge in [-0.2, -0.15) is 13.2 Å². The second-order valence-corrected chi connectivity index (χ2v) is 6.88. The van der Waals surface area contributed by atoms with Crippen molar-refractivity contribution >= 4 is 16.7 Å². The monoisotopic (exact) mass is 390 g/mol. The van der Waals surface area contributed by atoms with Crippen LogP contribution in [0.25, 0.3) is 22.0 Å².